The summed E-state index contributed by atoms with van der Waals surface area (Å²) < 4.78 is 31.2. The molecule has 0 radical (unpaired) electrons. The summed E-state index contributed by atoms with van der Waals surface area (Å²) in [6, 6.07) is 9.18. The number of ether oxygens (including phenoxy) is 1. The van der Waals surface area contributed by atoms with Crippen molar-refractivity contribution in [2.24, 2.45) is 0 Å². The van der Waals surface area contributed by atoms with Crippen molar-refractivity contribution >= 4 is 27.3 Å². The molecule has 0 unspecified atom stereocenters. The highest BCUT2D eigenvalue weighted by atomic mass is 32.2. The van der Waals surface area contributed by atoms with Gasteiger partial charge in [-0.15, -0.1) is 6.58 Å². The van der Waals surface area contributed by atoms with E-state index in [2.05, 4.69) is 16.6 Å². The van der Waals surface area contributed by atoms with Crippen LogP contribution in [0.15, 0.2) is 60.0 Å². The van der Waals surface area contributed by atoms with Crippen molar-refractivity contribution in [3.63, 3.8) is 0 Å². The van der Waals surface area contributed by atoms with E-state index < -0.39 is 20.9 Å². The highest BCUT2D eigenvalue weighted by molar-refractivity contribution is 7.89. The number of nitrogens with one attached hydrogen (secondary N) is 2. The minimum absolute atomic E-state index is 0.00449. The molecule has 0 aliphatic heterocycles. The molecule has 0 heterocycles. The Kier molecular flexibility index (Phi) is 6.27. The number of nitro groups is 1. The average molecular weight is 391 g/mol. The quantitative estimate of drug-likeness (QED) is 0.404. The lowest BCUT2D eigenvalue weighted by atomic mass is 10.2. The second-order valence-electron chi connectivity index (χ2n) is 5.26. The van der Waals surface area contributed by atoms with Gasteiger partial charge >= 0.3 is 0 Å². The number of hydrogen-bond donors (Lipinski definition) is 2. The number of amides is 1. The molecule has 0 atom stereocenters. The van der Waals surface area contributed by atoms with Crippen LogP contribution >= 0.6 is 0 Å². The molecular formula is C17H17N3O6S. The number of benzene rings is 2. The van der Waals surface area contributed by atoms with Gasteiger partial charge in [0.15, 0.2) is 0 Å². The Bertz CT molecular complexity index is 971. The smallest absolute Gasteiger partial charge is 0.296 e. The number of sulfonamides is 1. The minimum atomic E-state index is -3.71. The zero-order valence-electron chi connectivity index (χ0n) is 14.3. The molecule has 0 saturated heterocycles. The van der Waals surface area contributed by atoms with E-state index in [4.69, 9.17) is 4.74 Å². The molecule has 9 nitrogen and oxygen atoms in total. The summed E-state index contributed by atoms with van der Waals surface area (Å²) in [6.07, 6.45) is 1.40. The fraction of sp³-hybridized carbons (Fsp3) is 0.118. The van der Waals surface area contributed by atoms with Crippen LogP contribution in [0, 0.1) is 10.1 Å². The second kappa shape index (κ2) is 8.43. The van der Waals surface area contributed by atoms with Crippen molar-refractivity contribution in [1.29, 1.82) is 0 Å². The van der Waals surface area contributed by atoms with E-state index in [9.17, 15) is 23.3 Å². The summed E-state index contributed by atoms with van der Waals surface area (Å²) in [6.45, 7) is 3.50. The van der Waals surface area contributed by atoms with Gasteiger partial charge in [0.05, 0.1) is 23.0 Å². The Morgan fingerprint density at radius 3 is 2.48 bits per heavy atom. The van der Waals surface area contributed by atoms with Crippen LogP contribution in [0.25, 0.3) is 0 Å². The lowest BCUT2D eigenvalue weighted by Gasteiger charge is -2.09. The molecule has 10 heteroatoms. The largest absolute Gasteiger partial charge is 0.496 e. The molecule has 2 aromatic rings. The van der Waals surface area contributed by atoms with Gasteiger partial charge in [0.1, 0.15) is 11.4 Å². The van der Waals surface area contributed by atoms with Crippen molar-refractivity contribution in [2.75, 3.05) is 19.0 Å². The third-order valence-electron chi connectivity index (χ3n) is 3.49. The van der Waals surface area contributed by atoms with Gasteiger partial charge in [0, 0.05) is 12.1 Å². The van der Waals surface area contributed by atoms with E-state index in [1.54, 1.807) is 0 Å². The first-order chi connectivity index (χ1) is 12.8. The highest BCUT2D eigenvalue weighted by Crippen LogP contribution is 2.29. The first kappa shape index (κ1) is 20.1. The molecule has 0 spiro atoms. The van der Waals surface area contributed by atoms with Gasteiger partial charge in [0.25, 0.3) is 11.6 Å². The zero-order chi connectivity index (χ0) is 20.0. The molecule has 2 rings (SSSR count). The number of hydrogen-bond acceptors (Lipinski definition) is 6. The molecule has 0 aromatic heterocycles. The maximum Gasteiger partial charge on any atom is 0.296 e. The Labute approximate surface area is 155 Å². The monoisotopic (exact) mass is 391 g/mol. The Hall–Kier alpha value is -3.24. The molecule has 2 N–H and O–H groups in total. The summed E-state index contributed by atoms with van der Waals surface area (Å²) in [4.78, 5) is 22.8. The zero-order valence-corrected chi connectivity index (χ0v) is 15.2. The second-order valence-corrected chi connectivity index (χ2v) is 7.03. The van der Waals surface area contributed by atoms with Gasteiger partial charge in [0.2, 0.25) is 10.0 Å². The predicted octanol–water partition coefficient (Wildman–Crippen LogP) is 2.32. The summed E-state index contributed by atoms with van der Waals surface area (Å²) in [5.74, 6) is -0.340. The fourth-order valence-corrected chi connectivity index (χ4v) is 3.13. The fourth-order valence-electron chi connectivity index (χ4n) is 2.13. The Balaban J connectivity index is 2.22. The van der Waals surface area contributed by atoms with Crippen LogP contribution in [0.4, 0.5) is 11.4 Å². The summed E-state index contributed by atoms with van der Waals surface area (Å²) >= 11 is 0. The lowest BCUT2D eigenvalue weighted by molar-refractivity contribution is -0.384. The van der Waals surface area contributed by atoms with Crippen LogP contribution in [0.1, 0.15) is 10.4 Å². The van der Waals surface area contributed by atoms with E-state index in [1.807, 2.05) is 0 Å². The number of nitrogens with zero attached hydrogens (tertiary/aromatic N) is 1. The standard InChI is InChI=1S/C17H17N3O6S/c1-3-10-18-27(24,25)14-7-4-12(5-8-14)17(21)19-15-9-6-13(26-2)11-16(15)20(22)23/h3-9,11,18H,1,10H2,2H3,(H,19,21). The van der Waals surface area contributed by atoms with Gasteiger partial charge in [-0.05, 0) is 36.4 Å². The van der Waals surface area contributed by atoms with Gasteiger partial charge in [-0.1, -0.05) is 6.08 Å². The van der Waals surface area contributed by atoms with Gasteiger partial charge in [-0.3, -0.25) is 14.9 Å². The maximum atomic E-state index is 12.3. The van der Waals surface area contributed by atoms with Crippen LogP contribution in [0.5, 0.6) is 5.75 Å². The Morgan fingerprint density at radius 2 is 1.93 bits per heavy atom. The molecule has 1 amide bonds. The summed E-state index contributed by atoms with van der Waals surface area (Å²) in [5.41, 5.74) is -0.187. The lowest BCUT2D eigenvalue weighted by Crippen LogP contribution is -2.23. The SMILES string of the molecule is C=CCNS(=O)(=O)c1ccc(C(=O)Nc2ccc(OC)cc2[N+](=O)[O-])cc1. The summed E-state index contributed by atoms with van der Waals surface area (Å²) in [7, 11) is -2.33. The number of nitro benzene ring substituents is 1. The van der Waals surface area contributed by atoms with E-state index in [-0.39, 0.29) is 34.1 Å². The van der Waals surface area contributed by atoms with Crippen LogP contribution in [0.2, 0.25) is 0 Å². The average Bonchev–Trinajstić information content (AvgIpc) is 2.66. The Morgan fingerprint density at radius 1 is 1.26 bits per heavy atom. The van der Waals surface area contributed by atoms with Crippen LogP contribution in [0.3, 0.4) is 0 Å². The minimum Gasteiger partial charge on any atom is -0.496 e. The summed E-state index contributed by atoms with van der Waals surface area (Å²) in [5, 5.41) is 13.6. The van der Waals surface area contributed by atoms with Crippen molar-refractivity contribution in [1.82, 2.24) is 4.72 Å². The third-order valence-corrected chi connectivity index (χ3v) is 4.93. The molecule has 0 aliphatic carbocycles. The van der Waals surface area contributed by atoms with Crippen LogP contribution < -0.4 is 14.8 Å². The topological polar surface area (TPSA) is 128 Å². The molecule has 0 saturated carbocycles. The van der Waals surface area contributed by atoms with Crippen molar-refractivity contribution in [2.45, 2.75) is 4.90 Å². The number of rotatable bonds is 8. The third kappa shape index (κ3) is 4.90. The number of carbonyl (C=O) groups excluding carboxylic acids is 1. The van der Waals surface area contributed by atoms with Gasteiger partial charge in [-0.25, -0.2) is 13.1 Å². The molecule has 0 fully saturated rings. The van der Waals surface area contributed by atoms with Crippen molar-refractivity contribution in [3.8, 4) is 5.75 Å². The number of anilines is 1. The van der Waals surface area contributed by atoms with E-state index in [1.165, 1.54) is 55.7 Å². The van der Waals surface area contributed by atoms with Crippen LogP contribution in [-0.4, -0.2) is 32.9 Å². The van der Waals surface area contributed by atoms with Crippen molar-refractivity contribution < 1.29 is 22.9 Å². The van der Waals surface area contributed by atoms with E-state index in [0.717, 1.165) is 0 Å². The first-order valence-corrected chi connectivity index (χ1v) is 9.11. The van der Waals surface area contributed by atoms with E-state index >= 15 is 0 Å². The molecular weight excluding hydrogens is 374 g/mol. The van der Waals surface area contributed by atoms with Crippen molar-refractivity contribution in [3.05, 3.63) is 70.8 Å². The molecule has 27 heavy (non-hydrogen) atoms. The first-order valence-electron chi connectivity index (χ1n) is 7.63. The highest BCUT2D eigenvalue weighted by Gasteiger charge is 2.19. The molecule has 0 aliphatic rings. The van der Waals surface area contributed by atoms with E-state index in [0.29, 0.717) is 0 Å². The molecule has 0 bridgehead atoms. The predicted molar refractivity (Wildman–Crippen MR) is 99.4 cm³/mol. The normalized spacial score (nSPS) is 10.9. The van der Waals surface area contributed by atoms with Gasteiger partial charge in [-0.2, -0.15) is 0 Å². The van der Waals surface area contributed by atoms with Gasteiger partial charge < -0.3 is 10.1 Å². The van der Waals surface area contributed by atoms with Crippen LogP contribution in [-0.2, 0) is 10.0 Å². The maximum absolute atomic E-state index is 12.3. The molecule has 2 aromatic carbocycles. The molecule has 142 valence electrons. The number of methoxy groups -OCH3 is 1. The number of carbonyl (C=O) groups is 1.